The summed E-state index contributed by atoms with van der Waals surface area (Å²) in [5, 5.41) is 21.2. The number of benzene rings is 1. The Bertz CT molecular complexity index is 1160. The Labute approximate surface area is 202 Å². The number of hydrogen-bond donors (Lipinski definition) is 5. The number of fused-ring (bicyclic) bond motifs is 2. The molecule has 34 heavy (non-hydrogen) atoms. The van der Waals surface area contributed by atoms with Gasteiger partial charge in [0.25, 0.3) is 0 Å². The predicted octanol–water partition coefficient (Wildman–Crippen LogP) is 4.00. The van der Waals surface area contributed by atoms with Crippen molar-refractivity contribution in [2.24, 2.45) is 11.8 Å². The summed E-state index contributed by atoms with van der Waals surface area (Å²) in [6.07, 6.45) is 7.25. The highest BCUT2D eigenvalue weighted by atomic mass is 32.2. The summed E-state index contributed by atoms with van der Waals surface area (Å²) in [6.45, 7) is 2.06. The molecule has 1 aliphatic heterocycles. The van der Waals surface area contributed by atoms with Gasteiger partial charge in [0.15, 0.2) is 5.16 Å². The molecule has 5 N–H and O–H groups in total. The zero-order valence-corrected chi connectivity index (χ0v) is 19.6. The molecule has 176 valence electrons. The number of nitrogens with one attached hydrogen (secondary N) is 5. The van der Waals surface area contributed by atoms with Crippen molar-refractivity contribution in [1.29, 1.82) is 0 Å². The lowest BCUT2D eigenvalue weighted by Gasteiger charge is -2.35. The first-order valence-corrected chi connectivity index (χ1v) is 12.7. The first-order chi connectivity index (χ1) is 16.6. The van der Waals surface area contributed by atoms with Gasteiger partial charge in [-0.3, -0.25) is 9.89 Å². The van der Waals surface area contributed by atoms with Crippen LogP contribution in [0.1, 0.15) is 32.1 Å². The van der Waals surface area contributed by atoms with Gasteiger partial charge in [-0.2, -0.15) is 5.10 Å². The lowest BCUT2D eigenvalue weighted by Crippen LogP contribution is -2.49. The fourth-order valence-corrected chi connectivity index (χ4v) is 5.65. The standard InChI is InChI=1S/C24H28N8OS/c33-22(16-1-2-16)27-17-3-5-18(6-4-17)34-23-29-20(28-19-8-10-26-32-19)11-21(30-23)31-24-9-7-15(12-24)13-25-14-24/h3-6,8,10-11,15-16,25H,1-2,7,9,12-14H2,(H,27,33)(H3,26,28,29,30,31,32)/t15?,24-/m1/s1. The topological polar surface area (TPSA) is 120 Å². The average Bonchev–Trinajstić information content (AvgIpc) is 3.49. The van der Waals surface area contributed by atoms with E-state index >= 15 is 0 Å². The van der Waals surface area contributed by atoms with E-state index in [1.54, 1.807) is 6.20 Å². The number of aromatic amines is 1. The smallest absolute Gasteiger partial charge is 0.227 e. The third kappa shape index (κ3) is 4.88. The van der Waals surface area contributed by atoms with Crippen LogP contribution in [-0.4, -0.2) is 44.7 Å². The van der Waals surface area contributed by atoms with E-state index in [0.717, 1.165) is 60.5 Å². The molecule has 2 aromatic heterocycles. The Morgan fingerprint density at radius 3 is 2.74 bits per heavy atom. The number of piperidine rings is 1. The molecular formula is C24H28N8OS. The van der Waals surface area contributed by atoms with Crippen LogP contribution in [0.5, 0.6) is 0 Å². The molecule has 9 nitrogen and oxygen atoms in total. The van der Waals surface area contributed by atoms with Gasteiger partial charge >= 0.3 is 0 Å². The quantitative estimate of drug-likeness (QED) is 0.310. The van der Waals surface area contributed by atoms with Gasteiger partial charge in [-0.25, -0.2) is 9.97 Å². The number of H-pyrrole nitrogens is 1. The Kier molecular flexibility index (Phi) is 5.62. The summed E-state index contributed by atoms with van der Waals surface area (Å²) in [4.78, 5) is 22.6. The molecule has 6 rings (SSSR count). The van der Waals surface area contributed by atoms with Crippen LogP contribution in [0.3, 0.4) is 0 Å². The van der Waals surface area contributed by atoms with Crippen molar-refractivity contribution in [3.05, 3.63) is 42.6 Å². The number of carbonyl (C=O) groups is 1. The van der Waals surface area contributed by atoms with Gasteiger partial charge in [-0.05, 0) is 80.6 Å². The van der Waals surface area contributed by atoms with E-state index < -0.39 is 0 Å². The average molecular weight is 477 g/mol. The van der Waals surface area contributed by atoms with E-state index in [9.17, 15) is 4.79 Å². The molecule has 3 fully saturated rings. The molecule has 1 aromatic carbocycles. The number of rotatable bonds is 8. The maximum Gasteiger partial charge on any atom is 0.227 e. The van der Waals surface area contributed by atoms with Crippen LogP contribution in [0.2, 0.25) is 0 Å². The van der Waals surface area contributed by atoms with Crippen molar-refractivity contribution in [3.8, 4) is 0 Å². The van der Waals surface area contributed by atoms with Crippen LogP contribution in [0.25, 0.3) is 0 Å². The Hall–Kier alpha value is -3.11. The van der Waals surface area contributed by atoms with Crippen LogP contribution in [0.4, 0.5) is 23.1 Å². The van der Waals surface area contributed by atoms with Crippen molar-refractivity contribution < 1.29 is 4.79 Å². The molecule has 2 bridgehead atoms. The van der Waals surface area contributed by atoms with Gasteiger partial charge in [0.1, 0.15) is 17.5 Å². The zero-order valence-electron chi connectivity index (χ0n) is 18.8. The maximum absolute atomic E-state index is 12.0. The minimum atomic E-state index is 0.0475. The molecule has 2 saturated carbocycles. The molecule has 1 saturated heterocycles. The molecule has 1 amide bonds. The minimum Gasteiger partial charge on any atom is -0.363 e. The molecule has 10 heteroatoms. The Balaban J connectivity index is 1.22. The van der Waals surface area contributed by atoms with Gasteiger partial charge < -0.3 is 21.3 Å². The van der Waals surface area contributed by atoms with Crippen molar-refractivity contribution in [3.63, 3.8) is 0 Å². The second-order valence-electron chi connectivity index (χ2n) is 9.55. The normalized spacial score (nSPS) is 23.5. The summed E-state index contributed by atoms with van der Waals surface area (Å²) in [6, 6.07) is 11.7. The number of hydrogen-bond acceptors (Lipinski definition) is 8. The van der Waals surface area contributed by atoms with E-state index in [1.807, 2.05) is 36.4 Å². The summed E-state index contributed by atoms with van der Waals surface area (Å²) in [5.74, 6) is 3.33. The molecule has 3 heterocycles. The highest BCUT2D eigenvalue weighted by Gasteiger charge is 2.42. The van der Waals surface area contributed by atoms with Gasteiger partial charge in [0, 0.05) is 35.2 Å². The van der Waals surface area contributed by atoms with Crippen LogP contribution in [0.15, 0.2) is 52.6 Å². The first-order valence-electron chi connectivity index (χ1n) is 11.9. The number of amides is 1. The lowest BCUT2D eigenvalue weighted by molar-refractivity contribution is -0.117. The molecular weight excluding hydrogens is 448 g/mol. The van der Waals surface area contributed by atoms with Crippen LogP contribution in [0, 0.1) is 11.8 Å². The minimum absolute atomic E-state index is 0.0475. The van der Waals surface area contributed by atoms with E-state index in [1.165, 1.54) is 24.6 Å². The predicted molar refractivity (Wildman–Crippen MR) is 132 cm³/mol. The maximum atomic E-state index is 12.0. The number of aromatic nitrogens is 4. The van der Waals surface area contributed by atoms with E-state index in [2.05, 4.69) is 31.5 Å². The van der Waals surface area contributed by atoms with Crippen molar-refractivity contribution >= 4 is 40.8 Å². The van der Waals surface area contributed by atoms with Crippen molar-refractivity contribution in [2.45, 2.75) is 47.7 Å². The molecule has 3 aromatic rings. The number of anilines is 4. The lowest BCUT2D eigenvalue weighted by atomic mass is 9.92. The monoisotopic (exact) mass is 476 g/mol. The number of nitrogens with zero attached hydrogens (tertiary/aromatic N) is 3. The second-order valence-corrected chi connectivity index (χ2v) is 10.6. The van der Waals surface area contributed by atoms with E-state index in [0.29, 0.717) is 11.0 Å². The molecule has 3 aliphatic rings. The zero-order chi connectivity index (χ0) is 23.0. The Morgan fingerprint density at radius 1 is 1.09 bits per heavy atom. The molecule has 0 spiro atoms. The molecule has 0 radical (unpaired) electrons. The highest BCUT2D eigenvalue weighted by molar-refractivity contribution is 7.99. The third-order valence-electron chi connectivity index (χ3n) is 6.75. The highest BCUT2D eigenvalue weighted by Crippen LogP contribution is 2.39. The van der Waals surface area contributed by atoms with Crippen LogP contribution < -0.4 is 21.3 Å². The van der Waals surface area contributed by atoms with Crippen molar-refractivity contribution in [1.82, 2.24) is 25.5 Å². The SMILES string of the molecule is O=C(Nc1ccc(Sc2nc(Nc3ccn[nH]3)cc(N[C@@]34CCC(CNC3)C4)n2)cc1)C1CC1. The number of carbonyl (C=O) groups excluding carboxylic acids is 1. The van der Waals surface area contributed by atoms with Crippen LogP contribution in [-0.2, 0) is 4.79 Å². The summed E-state index contributed by atoms with van der Waals surface area (Å²) in [7, 11) is 0. The van der Waals surface area contributed by atoms with Gasteiger partial charge in [-0.15, -0.1) is 0 Å². The first kappa shape index (κ1) is 21.4. The Morgan fingerprint density at radius 2 is 1.94 bits per heavy atom. The molecule has 2 aliphatic carbocycles. The van der Waals surface area contributed by atoms with E-state index in [4.69, 9.17) is 9.97 Å². The molecule has 1 unspecified atom stereocenters. The summed E-state index contributed by atoms with van der Waals surface area (Å²) < 4.78 is 0. The van der Waals surface area contributed by atoms with Gasteiger partial charge in [0.05, 0.1) is 11.7 Å². The van der Waals surface area contributed by atoms with Gasteiger partial charge in [-0.1, -0.05) is 0 Å². The van der Waals surface area contributed by atoms with Gasteiger partial charge in [0.2, 0.25) is 5.91 Å². The fourth-order valence-electron chi connectivity index (χ4n) is 4.88. The van der Waals surface area contributed by atoms with Crippen molar-refractivity contribution in [2.75, 3.05) is 29.0 Å². The fraction of sp³-hybridized carbons (Fsp3) is 0.417. The summed E-state index contributed by atoms with van der Waals surface area (Å²) in [5.41, 5.74) is 0.866. The summed E-state index contributed by atoms with van der Waals surface area (Å²) >= 11 is 1.50. The third-order valence-corrected chi connectivity index (χ3v) is 7.62. The second kappa shape index (κ2) is 8.92. The van der Waals surface area contributed by atoms with E-state index in [-0.39, 0.29) is 17.4 Å². The van der Waals surface area contributed by atoms with Crippen LogP contribution >= 0.6 is 11.8 Å². The molecule has 2 atom stereocenters. The largest absolute Gasteiger partial charge is 0.363 e.